The maximum absolute atomic E-state index is 4.68. The Morgan fingerprint density at radius 1 is 0.892 bits per heavy atom. The van der Waals surface area contributed by atoms with Gasteiger partial charge >= 0.3 is 0 Å². The monoisotopic (exact) mass is 487 g/mol. The molecule has 5 aromatic heterocycles. The van der Waals surface area contributed by atoms with Gasteiger partial charge in [0.25, 0.3) is 0 Å². The van der Waals surface area contributed by atoms with Crippen molar-refractivity contribution in [2.24, 2.45) is 5.92 Å². The van der Waals surface area contributed by atoms with Crippen LogP contribution in [0, 0.1) is 5.92 Å². The number of pyridine rings is 4. The summed E-state index contributed by atoms with van der Waals surface area (Å²) in [5, 5.41) is 7.55. The van der Waals surface area contributed by atoms with E-state index in [1.807, 2.05) is 43.8 Å². The number of H-pyrrole nitrogens is 1. The highest BCUT2D eigenvalue weighted by Gasteiger charge is 2.16. The quantitative estimate of drug-likeness (QED) is 0.224. The number of nitrogens with one attached hydrogen (secondary N) is 3. The Morgan fingerprint density at radius 3 is 2.46 bits per heavy atom. The van der Waals surface area contributed by atoms with Crippen LogP contribution in [0.1, 0.15) is 25.1 Å². The fourth-order valence-electron chi connectivity index (χ4n) is 4.16. The smallest absolute Gasteiger partial charge is 0.138 e. The second kappa shape index (κ2) is 10.1. The summed E-state index contributed by atoms with van der Waals surface area (Å²) in [5.41, 5.74) is 9.17. The van der Waals surface area contributed by atoms with Gasteiger partial charge in [-0.05, 0) is 41.8 Å². The third-order valence-corrected chi connectivity index (χ3v) is 6.35. The number of hydrogen-bond acceptors (Lipinski definition) is 6. The van der Waals surface area contributed by atoms with Gasteiger partial charge in [0.15, 0.2) is 0 Å². The maximum atomic E-state index is 4.68. The number of hydrogen-bond donors (Lipinski definition) is 3. The average molecular weight is 488 g/mol. The molecule has 7 nitrogen and oxygen atoms in total. The summed E-state index contributed by atoms with van der Waals surface area (Å²) in [6, 6.07) is 12.2. The molecule has 0 aromatic carbocycles. The zero-order valence-electron chi connectivity index (χ0n) is 21.2. The second-order valence-electron chi connectivity index (χ2n) is 9.16. The molecule has 37 heavy (non-hydrogen) atoms. The summed E-state index contributed by atoms with van der Waals surface area (Å²) in [7, 11) is 1.86. The van der Waals surface area contributed by atoms with Gasteiger partial charge in [-0.15, -0.1) is 0 Å². The van der Waals surface area contributed by atoms with Crippen LogP contribution < -0.4 is 10.6 Å². The van der Waals surface area contributed by atoms with Crippen molar-refractivity contribution in [3.63, 3.8) is 0 Å². The third kappa shape index (κ3) is 4.84. The summed E-state index contributed by atoms with van der Waals surface area (Å²) in [5.74, 6) is 1.06. The molecule has 5 heterocycles. The molecule has 7 heteroatoms. The van der Waals surface area contributed by atoms with E-state index >= 15 is 0 Å². The summed E-state index contributed by atoms with van der Waals surface area (Å²) < 4.78 is 0. The molecule has 0 aliphatic rings. The van der Waals surface area contributed by atoms with E-state index < -0.39 is 0 Å². The molecule has 0 saturated heterocycles. The first-order chi connectivity index (χ1) is 17.9. The number of anilines is 2. The fraction of sp³-hybridized carbons (Fsp3) is 0.133. The van der Waals surface area contributed by atoms with Crippen molar-refractivity contribution in [3.05, 3.63) is 104 Å². The SMILES string of the molecule is C=C(c1cc2c(-c3cccnc3)ccnc2[nH]1)c1cc(-c2cncc(NC(=C)C(C)C)c2)cnc1NC. The van der Waals surface area contributed by atoms with Crippen LogP contribution in [0.4, 0.5) is 11.5 Å². The highest BCUT2D eigenvalue weighted by Crippen LogP contribution is 2.34. The molecule has 0 atom stereocenters. The first kappa shape index (κ1) is 23.9. The van der Waals surface area contributed by atoms with Crippen molar-refractivity contribution in [2.45, 2.75) is 13.8 Å². The van der Waals surface area contributed by atoms with Gasteiger partial charge in [-0.2, -0.15) is 0 Å². The van der Waals surface area contributed by atoms with E-state index in [0.29, 0.717) is 5.92 Å². The minimum atomic E-state index is 0.319. The van der Waals surface area contributed by atoms with Crippen LogP contribution in [0.15, 0.2) is 92.4 Å². The number of fused-ring (bicyclic) bond motifs is 1. The zero-order chi connectivity index (χ0) is 25.9. The molecule has 0 unspecified atom stereocenters. The fourth-order valence-corrected chi connectivity index (χ4v) is 4.16. The second-order valence-corrected chi connectivity index (χ2v) is 9.16. The number of nitrogens with zero attached hydrogens (tertiary/aromatic N) is 4. The summed E-state index contributed by atoms with van der Waals surface area (Å²) in [6.07, 6.45) is 10.9. The van der Waals surface area contributed by atoms with E-state index in [4.69, 9.17) is 0 Å². The van der Waals surface area contributed by atoms with Crippen LogP contribution in [0.2, 0.25) is 0 Å². The van der Waals surface area contributed by atoms with Crippen molar-refractivity contribution in [1.82, 2.24) is 24.9 Å². The highest BCUT2D eigenvalue weighted by atomic mass is 15.0. The van der Waals surface area contributed by atoms with Crippen LogP contribution in [-0.4, -0.2) is 32.0 Å². The Morgan fingerprint density at radius 2 is 1.70 bits per heavy atom. The summed E-state index contributed by atoms with van der Waals surface area (Å²) in [6.45, 7) is 12.7. The first-order valence-electron chi connectivity index (χ1n) is 12.1. The van der Waals surface area contributed by atoms with Crippen LogP contribution in [0.5, 0.6) is 0 Å². The Bertz CT molecular complexity index is 1600. The van der Waals surface area contributed by atoms with Crippen LogP contribution in [0.25, 0.3) is 38.9 Å². The predicted octanol–water partition coefficient (Wildman–Crippen LogP) is 6.77. The number of aromatic amines is 1. The topological polar surface area (TPSA) is 91.4 Å². The Balaban J connectivity index is 1.53. The molecule has 3 N–H and O–H groups in total. The third-order valence-electron chi connectivity index (χ3n) is 6.35. The summed E-state index contributed by atoms with van der Waals surface area (Å²) >= 11 is 0. The molecular weight excluding hydrogens is 458 g/mol. The molecule has 0 aliphatic heterocycles. The molecule has 5 rings (SSSR count). The standard InChI is InChI=1S/C30H29N7/c1-18(2)20(4)36-24-11-22(15-33-17-24)23-12-26(29(31-5)35-16-23)19(3)28-13-27-25(8-10-34-30(27)37-28)21-7-6-9-32-14-21/h6-18,36H,3-4H2,1-2,5H3,(H,31,35)(H,34,37). The van der Waals surface area contributed by atoms with Gasteiger partial charge in [0.2, 0.25) is 0 Å². The lowest BCUT2D eigenvalue weighted by Crippen LogP contribution is -2.04. The molecule has 0 saturated carbocycles. The largest absolute Gasteiger partial charge is 0.373 e. The Hall–Kier alpha value is -4.78. The predicted molar refractivity (Wildman–Crippen MR) is 152 cm³/mol. The molecule has 184 valence electrons. The van der Waals surface area contributed by atoms with Gasteiger partial charge in [0, 0.05) is 82.6 Å². The molecule has 0 bridgehead atoms. The van der Waals surface area contributed by atoms with Crippen molar-refractivity contribution >= 4 is 28.1 Å². The van der Waals surface area contributed by atoms with E-state index in [0.717, 1.165) is 67.3 Å². The van der Waals surface area contributed by atoms with Crippen molar-refractivity contribution in [1.29, 1.82) is 0 Å². The van der Waals surface area contributed by atoms with Gasteiger partial charge in [0.1, 0.15) is 11.5 Å². The molecule has 0 amide bonds. The van der Waals surface area contributed by atoms with Crippen molar-refractivity contribution < 1.29 is 0 Å². The van der Waals surface area contributed by atoms with Gasteiger partial charge in [-0.3, -0.25) is 9.97 Å². The van der Waals surface area contributed by atoms with Crippen LogP contribution >= 0.6 is 0 Å². The lowest BCUT2D eigenvalue weighted by molar-refractivity contribution is 0.778. The van der Waals surface area contributed by atoms with Gasteiger partial charge < -0.3 is 15.6 Å². The van der Waals surface area contributed by atoms with E-state index in [1.165, 1.54) is 0 Å². The van der Waals surface area contributed by atoms with E-state index in [-0.39, 0.29) is 0 Å². The maximum Gasteiger partial charge on any atom is 0.138 e. The van der Waals surface area contributed by atoms with E-state index in [9.17, 15) is 0 Å². The Labute approximate surface area is 216 Å². The zero-order valence-corrected chi connectivity index (χ0v) is 21.2. The summed E-state index contributed by atoms with van der Waals surface area (Å²) in [4.78, 5) is 21.4. The molecule has 0 radical (unpaired) electrons. The number of aromatic nitrogens is 5. The average Bonchev–Trinajstić information content (AvgIpc) is 3.37. The molecular formula is C30H29N7. The highest BCUT2D eigenvalue weighted by molar-refractivity contribution is 5.97. The number of rotatable bonds is 8. The Kier molecular flexibility index (Phi) is 6.51. The van der Waals surface area contributed by atoms with Crippen molar-refractivity contribution in [2.75, 3.05) is 17.7 Å². The molecule has 0 aliphatic carbocycles. The van der Waals surface area contributed by atoms with Crippen LogP contribution in [0.3, 0.4) is 0 Å². The lowest BCUT2D eigenvalue weighted by atomic mass is 10.00. The van der Waals surface area contributed by atoms with E-state index in [1.54, 1.807) is 18.6 Å². The molecule has 0 fully saturated rings. The lowest BCUT2D eigenvalue weighted by Gasteiger charge is -2.14. The van der Waals surface area contributed by atoms with Gasteiger partial charge in [0.05, 0.1) is 11.9 Å². The van der Waals surface area contributed by atoms with Crippen LogP contribution in [-0.2, 0) is 0 Å². The van der Waals surface area contributed by atoms with E-state index in [2.05, 4.69) is 80.8 Å². The number of allylic oxidation sites excluding steroid dienone is 1. The minimum Gasteiger partial charge on any atom is -0.373 e. The van der Waals surface area contributed by atoms with Gasteiger partial charge in [-0.25, -0.2) is 9.97 Å². The van der Waals surface area contributed by atoms with Crippen molar-refractivity contribution in [3.8, 4) is 22.3 Å². The van der Waals surface area contributed by atoms with Gasteiger partial charge in [-0.1, -0.05) is 33.1 Å². The first-order valence-corrected chi connectivity index (χ1v) is 12.1. The minimum absolute atomic E-state index is 0.319. The molecule has 0 spiro atoms. The molecule has 5 aromatic rings. The normalized spacial score (nSPS) is 11.0.